The van der Waals surface area contributed by atoms with Gasteiger partial charge in [0, 0.05) is 25.4 Å². The summed E-state index contributed by atoms with van der Waals surface area (Å²) in [5, 5.41) is 4.59. The number of sulfone groups is 1. The van der Waals surface area contributed by atoms with Gasteiger partial charge in [-0.3, -0.25) is 9.59 Å². The van der Waals surface area contributed by atoms with E-state index < -0.39 is 27.7 Å². The molecule has 1 aliphatic heterocycles. The topological polar surface area (TPSA) is 92.8 Å². The summed E-state index contributed by atoms with van der Waals surface area (Å²) in [6, 6.07) is 12.6. The average molecular weight is 390 g/mol. The predicted molar refractivity (Wildman–Crippen MR) is 103 cm³/mol. The highest BCUT2D eigenvalue weighted by Gasteiger charge is 2.36. The number of anilines is 1. The highest BCUT2D eigenvalue weighted by atomic mass is 32.2. The van der Waals surface area contributed by atoms with E-state index >= 15 is 0 Å². The van der Waals surface area contributed by atoms with E-state index in [4.69, 9.17) is 4.74 Å². The standard InChI is InChI=1S/C19H22N2O5S/c1-26-10-9-21(17-8-11-27(24,25)13-17)19(23)18(22)20-16-7-6-14-4-2-3-5-15(14)12-16/h2-7,12,17H,8-11,13H2,1H3,(H,20,22). The van der Waals surface area contributed by atoms with Crippen molar-refractivity contribution in [3.05, 3.63) is 42.5 Å². The molecule has 0 bridgehead atoms. The summed E-state index contributed by atoms with van der Waals surface area (Å²) < 4.78 is 28.5. The molecule has 27 heavy (non-hydrogen) atoms. The molecule has 1 aliphatic rings. The molecule has 0 radical (unpaired) electrons. The van der Waals surface area contributed by atoms with Crippen molar-refractivity contribution >= 4 is 38.1 Å². The zero-order valence-corrected chi connectivity index (χ0v) is 15.9. The fraction of sp³-hybridized carbons (Fsp3) is 0.368. The maximum absolute atomic E-state index is 12.7. The van der Waals surface area contributed by atoms with Gasteiger partial charge in [-0.2, -0.15) is 0 Å². The minimum Gasteiger partial charge on any atom is -0.383 e. The van der Waals surface area contributed by atoms with Crippen molar-refractivity contribution in [3.8, 4) is 0 Å². The van der Waals surface area contributed by atoms with Gasteiger partial charge in [-0.1, -0.05) is 30.3 Å². The summed E-state index contributed by atoms with van der Waals surface area (Å²) in [5.74, 6) is -1.63. The quantitative estimate of drug-likeness (QED) is 0.780. The van der Waals surface area contributed by atoms with E-state index in [0.29, 0.717) is 12.1 Å². The summed E-state index contributed by atoms with van der Waals surface area (Å²) in [6.45, 7) is 0.395. The third kappa shape index (κ3) is 4.64. The van der Waals surface area contributed by atoms with Crippen LogP contribution in [0.15, 0.2) is 42.5 Å². The number of hydrogen-bond acceptors (Lipinski definition) is 5. The van der Waals surface area contributed by atoms with Gasteiger partial charge in [0.1, 0.15) is 0 Å². The van der Waals surface area contributed by atoms with Crippen LogP contribution in [0.1, 0.15) is 6.42 Å². The number of ether oxygens (including phenoxy) is 1. The van der Waals surface area contributed by atoms with Gasteiger partial charge in [-0.15, -0.1) is 0 Å². The molecule has 2 aromatic carbocycles. The number of methoxy groups -OCH3 is 1. The fourth-order valence-electron chi connectivity index (χ4n) is 3.24. The maximum atomic E-state index is 12.7. The number of fused-ring (bicyclic) bond motifs is 1. The molecule has 1 N–H and O–H groups in total. The summed E-state index contributed by atoms with van der Waals surface area (Å²) in [4.78, 5) is 26.5. The SMILES string of the molecule is COCCN(C(=O)C(=O)Nc1ccc2ccccc2c1)C1CCS(=O)(=O)C1. The van der Waals surface area contributed by atoms with E-state index in [1.165, 1.54) is 12.0 Å². The Morgan fingerprint density at radius 3 is 2.59 bits per heavy atom. The highest BCUT2D eigenvalue weighted by molar-refractivity contribution is 7.91. The van der Waals surface area contributed by atoms with Gasteiger partial charge >= 0.3 is 11.8 Å². The Morgan fingerprint density at radius 2 is 1.93 bits per heavy atom. The van der Waals surface area contributed by atoms with Crippen LogP contribution in [0.5, 0.6) is 0 Å². The Morgan fingerprint density at radius 1 is 1.19 bits per heavy atom. The van der Waals surface area contributed by atoms with Crippen LogP contribution in [-0.2, 0) is 24.2 Å². The molecule has 0 saturated carbocycles. The highest BCUT2D eigenvalue weighted by Crippen LogP contribution is 2.20. The number of rotatable bonds is 5. The normalized spacial score (nSPS) is 18.3. The summed E-state index contributed by atoms with van der Waals surface area (Å²) >= 11 is 0. The number of carbonyl (C=O) groups is 2. The largest absolute Gasteiger partial charge is 0.383 e. The zero-order chi connectivity index (χ0) is 19.4. The summed E-state index contributed by atoms with van der Waals surface area (Å²) in [6.07, 6.45) is 0.334. The average Bonchev–Trinajstić information content (AvgIpc) is 3.01. The molecule has 1 unspecified atom stereocenters. The Labute approximate surface area is 158 Å². The summed E-state index contributed by atoms with van der Waals surface area (Å²) in [7, 11) is -1.69. The smallest absolute Gasteiger partial charge is 0.313 e. The van der Waals surface area contributed by atoms with Crippen LogP contribution in [-0.4, -0.2) is 62.9 Å². The number of benzene rings is 2. The lowest BCUT2D eigenvalue weighted by Gasteiger charge is -2.27. The van der Waals surface area contributed by atoms with Crippen LogP contribution < -0.4 is 5.32 Å². The first-order valence-corrected chi connectivity index (χ1v) is 10.5. The third-order valence-electron chi connectivity index (χ3n) is 4.65. The third-order valence-corrected chi connectivity index (χ3v) is 6.40. The molecular formula is C19H22N2O5S. The molecule has 1 heterocycles. The molecule has 144 valence electrons. The van der Waals surface area contributed by atoms with Crippen LogP contribution in [0.3, 0.4) is 0 Å². The number of hydrogen-bond donors (Lipinski definition) is 1. The molecule has 8 heteroatoms. The lowest BCUT2D eigenvalue weighted by Crippen LogP contribution is -2.47. The Bertz CT molecular complexity index is 957. The van der Waals surface area contributed by atoms with Crippen molar-refractivity contribution in [2.75, 3.05) is 37.1 Å². The summed E-state index contributed by atoms with van der Waals surface area (Å²) in [5.41, 5.74) is 0.512. The molecule has 1 atom stereocenters. The predicted octanol–water partition coefficient (Wildman–Crippen LogP) is 1.44. The monoisotopic (exact) mass is 390 g/mol. The van der Waals surface area contributed by atoms with Crippen molar-refractivity contribution in [3.63, 3.8) is 0 Å². The van der Waals surface area contributed by atoms with Crippen molar-refractivity contribution < 1.29 is 22.7 Å². The molecular weight excluding hydrogens is 368 g/mol. The number of amides is 2. The Balaban J connectivity index is 1.74. The minimum absolute atomic E-state index is 0.0285. The molecule has 7 nitrogen and oxygen atoms in total. The van der Waals surface area contributed by atoms with Gasteiger partial charge in [0.05, 0.1) is 18.1 Å². The second kappa shape index (κ2) is 8.06. The number of nitrogens with one attached hydrogen (secondary N) is 1. The zero-order valence-electron chi connectivity index (χ0n) is 15.1. The van der Waals surface area contributed by atoms with Gasteiger partial charge in [0.2, 0.25) is 0 Å². The lowest BCUT2D eigenvalue weighted by molar-refractivity contribution is -0.144. The molecule has 0 spiro atoms. The first kappa shape index (κ1) is 19.3. The van der Waals surface area contributed by atoms with Gasteiger partial charge < -0.3 is 15.0 Å². The number of nitrogens with zero attached hydrogens (tertiary/aromatic N) is 1. The van der Waals surface area contributed by atoms with Crippen LogP contribution in [0.4, 0.5) is 5.69 Å². The lowest BCUT2D eigenvalue weighted by atomic mass is 10.1. The molecule has 3 rings (SSSR count). The fourth-order valence-corrected chi connectivity index (χ4v) is 4.97. The van der Waals surface area contributed by atoms with Gasteiger partial charge in [-0.05, 0) is 29.3 Å². The van der Waals surface area contributed by atoms with E-state index in [1.807, 2.05) is 30.3 Å². The Kier molecular flexibility index (Phi) is 5.76. The van der Waals surface area contributed by atoms with E-state index in [-0.39, 0.29) is 24.7 Å². The van der Waals surface area contributed by atoms with Crippen molar-refractivity contribution in [1.82, 2.24) is 4.90 Å². The van der Waals surface area contributed by atoms with Crippen molar-refractivity contribution in [2.24, 2.45) is 0 Å². The van der Waals surface area contributed by atoms with Gasteiger partial charge in [0.25, 0.3) is 0 Å². The second-order valence-corrected chi connectivity index (χ2v) is 8.79. The van der Waals surface area contributed by atoms with Crippen LogP contribution in [0, 0.1) is 0 Å². The molecule has 1 fully saturated rings. The molecule has 2 aromatic rings. The van der Waals surface area contributed by atoms with E-state index in [1.54, 1.807) is 12.1 Å². The first-order chi connectivity index (χ1) is 12.9. The van der Waals surface area contributed by atoms with E-state index in [2.05, 4.69) is 5.32 Å². The second-order valence-electron chi connectivity index (χ2n) is 6.56. The van der Waals surface area contributed by atoms with Crippen LogP contribution in [0.2, 0.25) is 0 Å². The van der Waals surface area contributed by atoms with Gasteiger partial charge in [-0.25, -0.2) is 8.42 Å². The molecule has 1 saturated heterocycles. The van der Waals surface area contributed by atoms with Crippen LogP contribution >= 0.6 is 0 Å². The Hall–Kier alpha value is -2.45. The molecule has 2 amide bonds. The van der Waals surface area contributed by atoms with Gasteiger partial charge in [0.15, 0.2) is 9.84 Å². The first-order valence-electron chi connectivity index (χ1n) is 8.70. The number of carbonyl (C=O) groups excluding carboxylic acids is 2. The van der Waals surface area contributed by atoms with E-state index in [0.717, 1.165) is 10.8 Å². The maximum Gasteiger partial charge on any atom is 0.313 e. The molecule has 0 aliphatic carbocycles. The van der Waals surface area contributed by atoms with Crippen LogP contribution in [0.25, 0.3) is 10.8 Å². The molecule has 0 aromatic heterocycles. The van der Waals surface area contributed by atoms with E-state index in [9.17, 15) is 18.0 Å². The van der Waals surface area contributed by atoms with Crippen molar-refractivity contribution in [1.29, 1.82) is 0 Å². The van der Waals surface area contributed by atoms with Crippen molar-refractivity contribution in [2.45, 2.75) is 12.5 Å². The minimum atomic E-state index is -3.17.